The third-order valence-electron chi connectivity index (χ3n) is 3.59. The molecule has 1 aromatic carbocycles. The Balaban J connectivity index is 2.04. The lowest BCUT2D eigenvalue weighted by Crippen LogP contribution is -2.21. The lowest BCUT2D eigenvalue weighted by molar-refractivity contribution is 0.337. The molecule has 1 aliphatic rings. The van der Waals surface area contributed by atoms with Gasteiger partial charge in [-0.25, -0.2) is 0 Å². The summed E-state index contributed by atoms with van der Waals surface area (Å²) in [5.74, 6) is 0.913. The van der Waals surface area contributed by atoms with Gasteiger partial charge in [-0.15, -0.1) is 11.6 Å². The fourth-order valence-corrected chi connectivity index (χ4v) is 3.54. The van der Waals surface area contributed by atoms with Gasteiger partial charge < -0.3 is 4.42 Å². The highest BCUT2D eigenvalue weighted by molar-refractivity contribution is 6.31. The molecule has 0 saturated heterocycles. The maximum Gasteiger partial charge on any atom is 0.134 e. The molecule has 0 bridgehead atoms. The van der Waals surface area contributed by atoms with Crippen LogP contribution in [0, 0.1) is 5.41 Å². The van der Waals surface area contributed by atoms with Crippen molar-refractivity contribution in [3.05, 3.63) is 41.1 Å². The smallest absolute Gasteiger partial charge is 0.134 e. The molecule has 0 fully saturated rings. The van der Waals surface area contributed by atoms with E-state index >= 15 is 0 Å². The third-order valence-corrected chi connectivity index (χ3v) is 4.11. The predicted octanol–water partition coefficient (Wildman–Crippen LogP) is 5.90. The van der Waals surface area contributed by atoms with Crippen molar-refractivity contribution in [1.82, 2.24) is 0 Å². The maximum atomic E-state index is 6.33. The van der Waals surface area contributed by atoms with Crippen LogP contribution in [0.2, 0.25) is 5.02 Å². The Hall–Kier alpha value is -0.920. The van der Waals surface area contributed by atoms with E-state index in [-0.39, 0.29) is 10.8 Å². The standard InChI is InChI=1S/C16H16Cl2O/c1-16(2)8-11(6-13(18)9-16)15-7-10-5-12(17)3-4-14(10)19-15/h3-7,13H,8-9H2,1-2H3. The molecule has 1 atom stereocenters. The van der Waals surface area contributed by atoms with Crippen LogP contribution in [-0.4, -0.2) is 5.38 Å². The van der Waals surface area contributed by atoms with E-state index < -0.39 is 0 Å². The van der Waals surface area contributed by atoms with Crippen molar-refractivity contribution in [2.75, 3.05) is 0 Å². The second kappa shape index (κ2) is 4.57. The summed E-state index contributed by atoms with van der Waals surface area (Å²) in [5.41, 5.74) is 2.28. The van der Waals surface area contributed by atoms with E-state index in [4.69, 9.17) is 27.6 Å². The zero-order chi connectivity index (χ0) is 13.6. The van der Waals surface area contributed by atoms with Crippen molar-refractivity contribution in [2.24, 2.45) is 5.41 Å². The summed E-state index contributed by atoms with van der Waals surface area (Å²) in [7, 11) is 0. The summed E-state index contributed by atoms with van der Waals surface area (Å²) in [5, 5.41) is 1.85. The van der Waals surface area contributed by atoms with Crippen LogP contribution in [0.4, 0.5) is 0 Å². The SMILES string of the molecule is CC1(C)CC(c2cc3cc(Cl)ccc3o2)=CC(Cl)C1. The lowest BCUT2D eigenvalue weighted by Gasteiger charge is -2.31. The molecule has 1 heterocycles. The highest BCUT2D eigenvalue weighted by atomic mass is 35.5. The molecule has 2 aromatic rings. The van der Waals surface area contributed by atoms with Crippen LogP contribution in [0.3, 0.4) is 0 Å². The van der Waals surface area contributed by atoms with E-state index in [1.54, 1.807) is 0 Å². The van der Waals surface area contributed by atoms with Crippen LogP contribution in [-0.2, 0) is 0 Å². The molecule has 0 saturated carbocycles. The Bertz CT molecular complexity index is 652. The minimum absolute atomic E-state index is 0.0792. The summed E-state index contributed by atoms with van der Waals surface area (Å²) in [6, 6.07) is 7.74. The van der Waals surface area contributed by atoms with E-state index in [9.17, 15) is 0 Å². The third kappa shape index (κ3) is 2.68. The Kier molecular flexibility index (Phi) is 3.15. The zero-order valence-corrected chi connectivity index (χ0v) is 12.6. The van der Waals surface area contributed by atoms with Gasteiger partial charge in [0.15, 0.2) is 0 Å². The molecule has 19 heavy (non-hydrogen) atoms. The number of halogens is 2. The zero-order valence-electron chi connectivity index (χ0n) is 11.0. The molecule has 1 nitrogen and oxygen atoms in total. The number of furan rings is 1. The highest BCUT2D eigenvalue weighted by Gasteiger charge is 2.29. The van der Waals surface area contributed by atoms with Crippen LogP contribution in [0.25, 0.3) is 16.5 Å². The van der Waals surface area contributed by atoms with Gasteiger partial charge in [0.1, 0.15) is 11.3 Å². The van der Waals surface area contributed by atoms with E-state index in [2.05, 4.69) is 26.0 Å². The van der Waals surface area contributed by atoms with E-state index in [0.29, 0.717) is 0 Å². The molecule has 3 heteroatoms. The molecule has 100 valence electrons. The Morgan fingerprint density at radius 2 is 2.05 bits per heavy atom. The number of benzene rings is 1. The predicted molar refractivity (Wildman–Crippen MR) is 81.9 cm³/mol. The van der Waals surface area contributed by atoms with Gasteiger partial charge in [0.2, 0.25) is 0 Å². The van der Waals surface area contributed by atoms with Crippen LogP contribution in [0.5, 0.6) is 0 Å². The first-order chi connectivity index (χ1) is 8.93. The Morgan fingerprint density at radius 3 is 2.79 bits per heavy atom. The topological polar surface area (TPSA) is 13.1 Å². The van der Waals surface area contributed by atoms with E-state index in [1.807, 2.05) is 18.2 Å². The lowest BCUT2D eigenvalue weighted by atomic mass is 9.76. The molecule has 1 aromatic heterocycles. The minimum atomic E-state index is 0.0792. The minimum Gasteiger partial charge on any atom is -0.456 e. The summed E-state index contributed by atoms with van der Waals surface area (Å²) in [4.78, 5) is 0. The van der Waals surface area contributed by atoms with Gasteiger partial charge in [-0.3, -0.25) is 0 Å². The van der Waals surface area contributed by atoms with Gasteiger partial charge >= 0.3 is 0 Å². The molecular weight excluding hydrogens is 279 g/mol. The van der Waals surface area contributed by atoms with Crippen molar-refractivity contribution in [2.45, 2.75) is 32.1 Å². The van der Waals surface area contributed by atoms with Crippen molar-refractivity contribution >= 4 is 39.7 Å². The quantitative estimate of drug-likeness (QED) is 0.597. The van der Waals surface area contributed by atoms with Gasteiger partial charge in [0, 0.05) is 10.4 Å². The van der Waals surface area contributed by atoms with E-state index in [1.165, 1.54) is 5.57 Å². The van der Waals surface area contributed by atoms with Crippen molar-refractivity contribution in [3.8, 4) is 0 Å². The number of rotatable bonds is 1. The van der Waals surface area contributed by atoms with E-state index in [0.717, 1.165) is 34.6 Å². The first kappa shape index (κ1) is 13.1. The average molecular weight is 295 g/mol. The van der Waals surface area contributed by atoms with Gasteiger partial charge in [-0.2, -0.15) is 0 Å². The molecule has 1 unspecified atom stereocenters. The second-order valence-electron chi connectivity index (χ2n) is 6.05. The second-order valence-corrected chi connectivity index (χ2v) is 7.04. The Labute approximate surface area is 123 Å². The summed E-state index contributed by atoms with van der Waals surface area (Å²) in [6.07, 6.45) is 4.11. The van der Waals surface area contributed by atoms with Gasteiger partial charge in [-0.05, 0) is 48.1 Å². The normalized spacial score (nSPS) is 22.5. The van der Waals surface area contributed by atoms with Crippen molar-refractivity contribution < 1.29 is 4.42 Å². The first-order valence-electron chi connectivity index (χ1n) is 6.47. The molecule has 3 rings (SSSR count). The van der Waals surface area contributed by atoms with Crippen molar-refractivity contribution in [3.63, 3.8) is 0 Å². The molecule has 0 spiro atoms. The van der Waals surface area contributed by atoms with Crippen LogP contribution in [0.1, 0.15) is 32.4 Å². The van der Waals surface area contributed by atoms with Crippen LogP contribution in [0.15, 0.2) is 34.8 Å². The number of allylic oxidation sites excluding steroid dienone is 2. The monoisotopic (exact) mass is 294 g/mol. The van der Waals surface area contributed by atoms with Gasteiger partial charge in [0.25, 0.3) is 0 Å². The molecule has 0 amide bonds. The van der Waals surface area contributed by atoms with Crippen LogP contribution < -0.4 is 0 Å². The number of alkyl halides is 1. The number of hydrogen-bond donors (Lipinski definition) is 0. The fraction of sp³-hybridized carbons (Fsp3) is 0.375. The molecule has 0 N–H and O–H groups in total. The molecule has 1 aliphatic carbocycles. The van der Waals surface area contributed by atoms with Gasteiger partial charge in [-0.1, -0.05) is 31.5 Å². The summed E-state index contributed by atoms with van der Waals surface area (Å²) < 4.78 is 5.92. The Morgan fingerprint density at radius 1 is 1.26 bits per heavy atom. The summed E-state index contributed by atoms with van der Waals surface area (Å²) in [6.45, 7) is 4.49. The number of hydrogen-bond acceptors (Lipinski definition) is 1. The van der Waals surface area contributed by atoms with Crippen molar-refractivity contribution in [1.29, 1.82) is 0 Å². The average Bonchev–Trinajstić information content (AvgIpc) is 2.69. The molecule has 0 aliphatic heterocycles. The summed E-state index contributed by atoms with van der Waals surface area (Å²) >= 11 is 12.3. The fourth-order valence-electron chi connectivity index (χ4n) is 2.79. The number of fused-ring (bicyclic) bond motifs is 1. The van der Waals surface area contributed by atoms with Gasteiger partial charge in [0.05, 0.1) is 5.38 Å². The first-order valence-corrected chi connectivity index (χ1v) is 7.29. The largest absolute Gasteiger partial charge is 0.456 e. The van der Waals surface area contributed by atoms with Crippen LogP contribution >= 0.6 is 23.2 Å². The molecule has 0 radical (unpaired) electrons. The maximum absolute atomic E-state index is 6.33. The highest BCUT2D eigenvalue weighted by Crippen LogP contribution is 2.42. The molecular formula is C16H16Cl2O.